The summed E-state index contributed by atoms with van der Waals surface area (Å²) in [5.41, 5.74) is 0.550. The smallest absolute Gasteiger partial charge is 0.312 e. The van der Waals surface area contributed by atoms with Crippen LogP contribution >= 0.6 is 0 Å². The zero-order chi connectivity index (χ0) is 19.9. The first kappa shape index (κ1) is 21.9. The number of nitrogens with zero attached hydrogens (tertiary/aromatic N) is 1. The van der Waals surface area contributed by atoms with E-state index < -0.39 is 5.41 Å². The van der Waals surface area contributed by atoms with E-state index in [2.05, 4.69) is 62.9 Å². The molecule has 1 aromatic carbocycles. The Kier molecular flexibility index (Phi) is 7.91. The second-order valence-electron chi connectivity index (χ2n) is 8.44. The number of esters is 1. The number of ether oxygens (including phenoxy) is 1. The van der Waals surface area contributed by atoms with E-state index in [1.54, 1.807) is 0 Å². The number of rotatable bonds is 10. The van der Waals surface area contributed by atoms with E-state index in [9.17, 15) is 4.79 Å². The predicted octanol–water partition coefficient (Wildman–Crippen LogP) is 5.44. The standard InChI is InChI=1S/C24H39NO2/c1-6-25(7-2)19-18-24(21-16-12-13-17-21,20-14-10-9-11-15-20)23(4,5)22(26)27-8-3/h9-11,14-15,21H,6-8,12-13,16-19H2,1-5H3. The lowest BCUT2D eigenvalue weighted by Gasteiger charge is -2.50. The van der Waals surface area contributed by atoms with E-state index in [-0.39, 0.29) is 11.4 Å². The number of hydrogen-bond donors (Lipinski definition) is 0. The summed E-state index contributed by atoms with van der Waals surface area (Å²) in [6.07, 6.45) is 5.94. The second-order valence-corrected chi connectivity index (χ2v) is 8.44. The minimum Gasteiger partial charge on any atom is -0.466 e. The van der Waals surface area contributed by atoms with Gasteiger partial charge in [-0.05, 0) is 71.1 Å². The van der Waals surface area contributed by atoms with E-state index in [0.717, 1.165) is 26.1 Å². The Bertz CT molecular complexity index is 573. The average Bonchev–Trinajstić information content (AvgIpc) is 3.21. The van der Waals surface area contributed by atoms with Gasteiger partial charge in [0, 0.05) is 5.41 Å². The van der Waals surface area contributed by atoms with Crippen LogP contribution in [-0.2, 0) is 14.9 Å². The zero-order valence-corrected chi connectivity index (χ0v) is 18.1. The van der Waals surface area contributed by atoms with Crippen molar-refractivity contribution in [2.75, 3.05) is 26.2 Å². The Morgan fingerprint density at radius 3 is 2.19 bits per heavy atom. The highest BCUT2D eigenvalue weighted by atomic mass is 16.5. The molecule has 0 N–H and O–H groups in total. The molecule has 0 aromatic heterocycles. The maximum absolute atomic E-state index is 13.2. The van der Waals surface area contributed by atoms with Gasteiger partial charge in [0.2, 0.25) is 0 Å². The monoisotopic (exact) mass is 373 g/mol. The van der Waals surface area contributed by atoms with Crippen molar-refractivity contribution in [1.29, 1.82) is 0 Å². The first-order valence-corrected chi connectivity index (χ1v) is 10.9. The van der Waals surface area contributed by atoms with Crippen LogP contribution in [0.15, 0.2) is 30.3 Å². The Hall–Kier alpha value is -1.35. The van der Waals surface area contributed by atoms with Crippen LogP contribution in [0.3, 0.4) is 0 Å². The second kappa shape index (κ2) is 9.73. The highest BCUT2D eigenvalue weighted by Gasteiger charge is 2.56. The van der Waals surface area contributed by atoms with E-state index in [0.29, 0.717) is 12.5 Å². The van der Waals surface area contributed by atoms with Gasteiger partial charge in [-0.2, -0.15) is 0 Å². The third kappa shape index (κ3) is 4.39. The van der Waals surface area contributed by atoms with E-state index in [1.807, 2.05) is 6.92 Å². The van der Waals surface area contributed by atoms with E-state index in [4.69, 9.17) is 4.74 Å². The fourth-order valence-electron chi connectivity index (χ4n) is 5.29. The maximum atomic E-state index is 13.2. The maximum Gasteiger partial charge on any atom is 0.312 e. The van der Waals surface area contributed by atoms with Crippen molar-refractivity contribution < 1.29 is 9.53 Å². The molecular formula is C24H39NO2. The van der Waals surface area contributed by atoms with Crippen LogP contribution in [0.25, 0.3) is 0 Å². The van der Waals surface area contributed by atoms with Gasteiger partial charge < -0.3 is 9.64 Å². The fraction of sp³-hybridized carbons (Fsp3) is 0.708. The number of carbonyl (C=O) groups excluding carboxylic acids is 1. The molecule has 0 heterocycles. The minimum absolute atomic E-state index is 0.0553. The molecule has 27 heavy (non-hydrogen) atoms. The summed E-state index contributed by atoms with van der Waals surface area (Å²) in [5, 5.41) is 0. The number of benzene rings is 1. The molecule has 0 amide bonds. The molecule has 152 valence electrons. The van der Waals surface area contributed by atoms with Crippen molar-refractivity contribution in [1.82, 2.24) is 4.90 Å². The summed E-state index contributed by atoms with van der Waals surface area (Å²) in [6, 6.07) is 10.8. The molecule has 0 saturated heterocycles. The number of carbonyl (C=O) groups is 1. The lowest BCUT2D eigenvalue weighted by molar-refractivity contribution is -0.160. The molecule has 0 radical (unpaired) electrons. The molecule has 1 atom stereocenters. The molecule has 2 rings (SSSR count). The molecule has 0 aliphatic heterocycles. The summed E-state index contributed by atoms with van der Waals surface area (Å²) in [6.45, 7) is 14.1. The van der Waals surface area contributed by atoms with Crippen LogP contribution in [0.2, 0.25) is 0 Å². The van der Waals surface area contributed by atoms with Crippen molar-refractivity contribution in [3.05, 3.63) is 35.9 Å². The van der Waals surface area contributed by atoms with Gasteiger partial charge in [-0.25, -0.2) is 0 Å². The van der Waals surface area contributed by atoms with Crippen LogP contribution in [0.5, 0.6) is 0 Å². The Morgan fingerprint density at radius 1 is 1.07 bits per heavy atom. The van der Waals surface area contributed by atoms with Crippen LogP contribution in [0, 0.1) is 11.3 Å². The Labute approximate surface area is 166 Å². The van der Waals surface area contributed by atoms with Gasteiger partial charge >= 0.3 is 5.97 Å². The topological polar surface area (TPSA) is 29.5 Å². The highest BCUT2D eigenvalue weighted by Crippen LogP contribution is 2.55. The molecule has 3 nitrogen and oxygen atoms in total. The molecule has 1 unspecified atom stereocenters. The number of hydrogen-bond acceptors (Lipinski definition) is 3. The molecule has 1 aliphatic carbocycles. The van der Waals surface area contributed by atoms with Crippen molar-refractivity contribution in [2.24, 2.45) is 11.3 Å². The Balaban J connectivity index is 2.56. The molecule has 0 bridgehead atoms. The first-order valence-electron chi connectivity index (χ1n) is 10.9. The quantitative estimate of drug-likeness (QED) is 0.512. The van der Waals surface area contributed by atoms with Gasteiger partial charge in [0.05, 0.1) is 12.0 Å². The normalized spacial score (nSPS) is 17.9. The molecule has 1 fully saturated rings. The Morgan fingerprint density at radius 2 is 1.67 bits per heavy atom. The van der Waals surface area contributed by atoms with Gasteiger partial charge in [-0.15, -0.1) is 0 Å². The van der Waals surface area contributed by atoms with E-state index >= 15 is 0 Å². The third-order valence-corrected chi connectivity index (χ3v) is 6.96. The fourth-order valence-corrected chi connectivity index (χ4v) is 5.29. The van der Waals surface area contributed by atoms with Crippen molar-refractivity contribution in [2.45, 2.75) is 72.1 Å². The van der Waals surface area contributed by atoms with Crippen molar-refractivity contribution in [3.63, 3.8) is 0 Å². The van der Waals surface area contributed by atoms with Crippen LogP contribution in [0.4, 0.5) is 0 Å². The highest BCUT2D eigenvalue weighted by molar-refractivity contribution is 5.78. The molecule has 3 heteroatoms. The van der Waals surface area contributed by atoms with Gasteiger partial charge in [0.25, 0.3) is 0 Å². The molecule has 1 aromatic rings. The van der Waals surface area contributed by atoms with Gasteiger partial charge in [-0.3, -0.25) is 4.79 Å². The lowest BCUT2D eigenvalue weighted by Crippen LogP contribution is -2.53. The minimum atomic E-state index is -0.563. The molecule has 0 spiro atoms. The SMILES string of the molecule is CCOC(=O)C(C)(C)C(CCN(CC)CC)(c1ccccc1)C1CCCC1. The molecule has 1 aliphatic rings. The average molecular weight is 374 g/mol. The lowest BCUT2D eigenvalue weighted by atomic mass is 9.53. The summed E-state index contributed by atoms with van der Waals surface area (Å²) in [5.74, 6) is 0.468. The first-order chi connectivity index (χ1) is 12.9. The van der Waals surface area contributed by atoms with Gasteiger partial charge in [0.1, 0.15) is 0 Å². The van der Waals surface area contributed by atoms with Crippen LogP contribution in [0.1, 0.15) is 72.3 Å². The largest absolute Gasteiger partial charge is 0.466 e. The summed E-state index contributed by atoms with van der Waals surface area (Å²) >= 11 is 0. The summed E-state index contributed by atoms with van der Waals surface area (Å²) in [7, 11) is 0. The van der Waals surface area contributed by atoms with Gasteiger partial charge in [-0.1, -0.05) is 57.0 Å². The predicted molar refractivity (Wildman–Crippen MR) is 113 cm³/mol. The van der Waals surface area contributed by atoms with Crippen LogP contribution in [-0.4, -0.2) is 37.1 Å². The summed E-state index contributed by atoms with van der Waals surface area (Å²) in [4.78, 5) is 15.7. The van der Waals surface area contributed by atoms with Crippen LogP contribution < -0.4 is 0 Å². The van der Waals surface area contributed by atoms with Gasteiger partial charge in [0.15, 0.2) is 0 Å². The van der Waals surface area contributed by atoms with Crippen molar-refractivity contribution >= 4 is 5.97 Å². The molecule has 1 saturated carbocycles. The zero-order valence-electron chi connectivity index (χ0n) is 18.1. The third-order valence-electron chi connectivity index (χ3n) is 6.96. The summed E-state index contributed by atoms with van der Waals surface area (Å²) < 4.78 is 5.60. The van der Waals surface area contributed by atoms with E-state index in [1.165, 1.54) is 31.2 Å². The van der Waals surface area contributed by atoms with Crippen molar-refractivity contribution in [3.8, 4) is 0 Å². The molecular weight excluding hydrogens is 334 g/mol.